The van der Waals surface area contributed by atoms with Crippen LogP contribution in [0.15, 0.2) is 24.3 Å². The monoisotopic (exact) mass is 219 g/mol. The third-order valence-electron chi connectivity index (χ3n) is 2.67. The molecular formula is C14H21NO. The first-order chi connectivity index (χ1) is 7.77. The van der Waals surface area contributed by atoms with E-state index in [-0.39, 0.29) is 5.91 Å². The molecule has 1 aromatic rings. The van der Waals surface area contributed by atoms with Crippen molar-refractivity contribution >= 4 is 11.6 Å². The van der Waals surface area contributed by atoms with Crippen molar-refractivity contribution in [2.45, 2.75) is 40.0 Å². The average Bonchev–Trinajstić information content (AvgIpc) is 2.34. The average molecular weight is 219 g/mol. The summed E-state index contributed by atoms with van der Waals surface area (Å²) in [6.07, 6.45) is 2.87. The molecule has 0 aromatic heterocycles. The highest BCUT2D eigenvalue weighted by atomic mass is 16.2. The van der Waals surface area contributed by atoms with Crippen molar-refractivity contribution in [2.75, 3.05) is 11.4 Å². The van der Waals surface area contributed by atoms with Crippen LogP contribution < -0.4 is 4.90 Å². The second-order valence-electron chi connectivity index (χ2n) is 3.84. The predicted molar refractivity (Wildman–Crippen MR) is 68.7 cm³/mol. The van der Waals surface area contributed by atoms with E-state index in [9.17, 15) is 4.79 Å². The van der Waals surface area contributed by atoms with Gasteiger partial charge in [0.15, 0.2) is 0 Å². The van der Waals surface area contributed by atoms with Crippen molar-refractivity contribution in [2.24, 2.45) is 0 Å². The summed E-state index contributed by atoms with van der Waals surface area (Å²) in [5.74, 6) is 0.264. The fourth-order valence-electron chi connectivity index (χ4n) is 1.80. The van der Waals surface area contributed by atoms with Gasteiger partial charge in [0.05, 0.1) is 0 Å². The van der Waals surface area contributed by atoms with Crippen molar-refractivity contribution in [1.29, 1.82) is 0 Å². The second kappa shape index (κ2) is 6.31. The molecule has 1 heterocycles. The molecule has 0 radical (unpaired) electrons. The van der Waals surface area contributed by atoms with Crippen LogP contribution in [0.25, 0.3) is 0 Å². The molecule has 0 saturated carbocycles. The summed E-state index contributed by atoms with van der Waals surface area (Å²) in [5, 5.41) is 0. The Morgan fingerprint density at radius 3 is 2.25 bits per heavy atom. The number of aryl methyl sites for hydroxylation is 1. The maximum Gasteiger partial charge on any atom is 0.226 e. The number of anilines is 1. The molecular weight excluding hydrogens is 198 g/mol. The Labute approximate surface area is 98.3 Å². The highest BCUT2D eigenvalue weighted by Gasteiger charge is 2.18. The van der Waals surface area contributed by atoms with Crippen LogP contribution in [-0.4, -0.2) is 12.5 Å². The molecule has 0 aliphatic carbocycles. The summed E-state index contributed by atoms with van der Waals surface area (Å²) in [7, 11) is 0. The Kier molecular flexibility index (Phi) is 5.03. The van der Waals surface area contributed by atoms with Gasteiger partial charge in [0.25, 0.3) is 0 Å². The molecule has 1 aliphatic rings. The molecule has 0 unspecified atom stereocenters. The Morgan fingerprint density at radius 2 is 1.69 bits per heavy atom. The Bertz CT molecular complexity index is 329. The van der Waals surface area contributed by atoms with E-state index in [0.29, 0.717) is 6.42 Å². The first-order valence-electron chi connectivity index (χ1n) is 6.14. The summed E-state index contributed by atoms with van der Waals surface area (Å²) in [5.41, 5.74) is 2.28. The van der Waals surface area contributed by atoms with E-state index < -0.39 is 0 Å². The summed E-state index contributed by atoms with van der Waals surface area (Å²) in [4.78, 5) is 13.5. The molecule has 1 aromatic carbocycles. The molecule has 2 heteroatoms. The first kappa shape index (κ1) is 12.8. The van der Waals surface area contributed by atoms with Crippen LogP contribution in [-0.2, 0) is 4.79 Å². The lowest BCUT2D eigenvalue weighted by atomic mass is 10.1. The molecule has 88 valence electrons. The topological polar surface area (TPSA) is 20.3 Å². The standard InChI is InChI=1S/C12H15NO.C2H6/c1-10-5-7-11(8-6-10)13-9-3-2-4-12(13)14;1-2/h5-8H,2-4,9H2,1H3;1-2H3. The predicted octanol–water partition coefficient (Wildman–Crippen LogP) is 3.54. The maximum atomic E-state index is 11.6. The minimum atomic E-state index is 0.264. The first-order valence-corrected chi connectivity index (χ1v) is 6.14. The van der Waals surface area contributed by atoms with Crippen LogP contribution in [0.4, 0.5) is 5.69 Å². The van der Waals surface area contributed by atoms with E-state index in [0.717, 1.165) is 25.1 Å². The molecule has 2 rings (SSSR count). The Morgan fingerprint density at radius 1 is 1.06 bits per heavy atom. The van der Waals surface area contributed by atoms with E-state index in [4.69, 9.17) is 0 Å². The lowest BCUT2D eigenvalue weighted by molar-refractivity contribution is -0.119. The zero-order valence-electron chi connectivity index (χ0n) is 10.5. The van der Waals surface area contributed by atoms with Gasteiger partial charge in [-0.3, -0.25) is 4.79 Å². The molecule has 16 heavy (non-hydrogen) atoms. The van der Waals surface area contributed by atoms with Crippen LogP contribution in [0.5, 0.6) is 0 Å². The number of nitrogens with zero attached hydrogens (tertiary/aromatic N) is 1. The number of benzene rings is 1. The van der Waals surface area contributed by atoms with Gasteiger partial charge in [0, 0.05) is 18.7 Å². The van der Waals surface area contributed by atoms with Crippen molar-refractivity contribution < 1.29 is 4.79 Å². The normalized spacial score (nSPS) is 15.4. The number of hydrogen-bond acceptors (Lipinski definition) is 1. The lowest BCUT2D eigenvalue weighted by Crippen LogP contribution is -2.35. The van der Waals surface area contributed by atoms with Gasteiger partial charge in [-0.25, -0.2) is 0 Å². The van der Waals surface area contributed by atoms with Crippen LogP contribution >= 0.6 is 0 Å². The van der Waals surface area contributed by atoms with Gasteiger partial charge in [-0.2, -0.15) is 0 Å². The van der Waals surface area contributed by atoms with E-state index >= 15 is 0 Å². The third-order valence-corrected chi connectivity index (χ3v) is 2.67. The van der Waals surface area contributed by atoms with Crippen LogP contribution in [0, 0.1) is 6.92 Å². The maximum absolute atomic E-state index is 11.6. The molecule has 2 nitrogen and oxygen atoms in total. The van der Waals surface area contributed by atoms with Gasteiger partial charge < -0.3 is 4.90 Å². The second-order valence-corrected chi connectivity index (χ2v) is 3.84. The van der Waals surface area contributed by atoms with Crippen LogP contribution in [0.3, 0.4) is 0 Å². The molecule has 0 atom stereocenters. The number of carbonyl (C=O) groups is 1. The molecule has 1 aliphatic heterocycles. The number of carbonyl (C=O) groups excluding carboxylic acids is 1. The summed E-state index contributed by atoms with van der Waals surface area (Å²) < 4.78 is 0. The highest BCUT2D eigenvalue weighted by Crippen LogP contribution is 2.20. The molecule has 1 saturated heterocycles. The molecule has 1 amide bonds. The molecule has 1 fully saturated rings. The zero-order valence-corrected chi connectivity index (χ0v) is 10.5. The van der Waals surface area contributed by atoms with Gasteiger partial charge in [-0.15, -0.1) is 0 Å². The van der Waals surface area contributed by atoms with Crippen molar-refractivity contribution in [3.63, 3.8) is 0 Å². The van der Waals surface area contributed by atoms with Gasteiger partial charge in [0.1, 0.15) is 0 Å². The summed E-state index contributed by atoms with van der Waals surface area (Å²) in [6, 6.07) is 8.16. The third kappa shape index (κ3) is 3.09. The molecule has 0 N–H and O–H groups in total. The van der Waals surface area contributed by atoms with Gasteiger partial charge in [0.2, 0.25) is 5.91 Å². The van der Waals surface area contributed by atoms with Gasteiger partial charge in [-0.05, 0) is 31.9 Å². The highest BCUT2D eigenvalue weighted by molar-refractivity contribution is 5.93. The lowest BCUT2D eigenvalue weighted by Gasteiger charge is -2.26. The fourth-order valence-corrected chi connectivity index (χ4v) is 1.80. The number of rotatable bonds is 1. The molecule has 0 bridgehead atoms. The molecule has 0 spiro atoms. The number of amides is 1. The van der Waals surface area contributed by atoms with E-state index in [2.05, 4.69) is 19.1 Å². The zero-order chi connectivity index (χ0) is 12.0. The van der Waals surface area contributed by atoms with Gasteiger partial charge >= 0.3 is 0 Å². The Balaban J connectivity index is 0.000000606. The van der Waals surface area contributed by atoms with E-state index in [1.807, 2.05) is 30.9 Å². The largest absolute Gasteiger partial charge is 0.312 e. The summed E-state index contributed by atoms with van der Waals surface area (Å²) >= 11 is 0. The van der Waals surface area contributed by atoms with Crippen molar-refractivity contribution in [3.8, 4) is 0 Å². The fraction of sp³-hybridized carbons (Fsp3) is 0.500. The SMILES string of the molecule is CC.Cc1ccc(N2CCCCC2=O)cc1. The smallest absolute Gasteiger partial charge is 0.226 e. The van der Waals surface area contributed by atoms with Crippen molar-refractivity contribution in [1.82, 2.24) is 0 Å². The van der Waals surface area contributed by atoms with Crippen molar-refractivity contribution in [3.05, 3.63) is 29.8 Å². The Hall–Kier alpha value is -1.31. The number of hydrogen-bond donors (Lipinski definition) is 0. The summed E-state index contributed by atoms with van der Waals surface area (Å²) in [6.45, 7) is 6.93. The van der Waals surface area contributed by atoms with E-state index in [1.165, 1.54) is 5.56 Å². The minimum Gasteiger partial charge on any atom is -0.312 e. The quantitative estimate of drug-likeness (QED) is 0.707. The van der Waals surface area contributed by atoms with Crippen LogP contribution in [0.2, 0.25) is 0 Å². The van der Waals surface area contributed by atoms with Crippen LogP contribution in [0.1, 0.15) is 38.7 Å². The van der Waals surface area contributed by atoms with E-state index in [1.54, 1.807) is 0 Å². The number of piperidine rings is 1. The van der Waals surface area contributed by atoms with Gasteiger partial charge in [-0.1, -0.05) is 31.5 Å². The minimum absolute atomic E-state index is 0.264.